The van der Waals surface area contributed by atoms with E-state index in [1.807, 2.05) is 6.92 Å². The summed E-state index contributed by atoms with van der Waals surface area (Å²) in [6.07, 6.45) is 5.75. The number of carbonyl (C=O) groups is 4. The van der Waals surface area contributed by atoms with Gasteiger partial charge < -0.3 is 10.6 Å². The number of amides is 6. The summed E-state index contributed by atoms with van der Waals surface area (Å²) in [4.78, 5) is 46.4. The molecule has 0 aliphatic heterocycles. The van der Waals surface area contributed by atoms with Crippen LogP contribution < -0.4 is 21.3 Å². The summed E-state index contributed by atoms with van der Waals surface area (Å²) in [6, 6.07) is -0.958. The average Bonchev–Trinajstić information content (AvgIpc) is 2.63. The Balaban J connectivity index is 2.00. The zero-order valence-electron chi connectivity index (χ0n) is 15.1. The van der Waals surface area contributed by atoms with Gasteiger partial charge in [0.05, 0.1) is 5.75 Å². The Morgan fingerprint density at radius 1 is 0.885 bits per heavy atom. The summed E-state index contributed by atoms with van der Waals surface area (Å²) in [5.74, 6) is 0.135. The van der Waals surface area contributed by atoms with Crippen molar-refractivity contribution in [2.75, 3.05) is 24.6 Å². The van der Waals surface area contributed by atoms with E-state index in [1.54, 1.807) is 0 Å². The van der Waals surface area contributed by atoms with Gasteiger partial charge in [-0.3, -0.25) is 20.2 Å². The molecule has 0 heterocycles. The van der Waals surface area contributed by atoms with E-state index < -0.39 is 12.1 Å². The third kappa shape index (κ3) is 10.5. The molecule has 10 heteroatoms. The van der Waals surface area contributed by atoms with Crippen LogP contribution in [0.15, 0.2) is 0 Å². The second-order valence-corrected chi connectivity index (χ2v) is 8.55. The predicted octanol–water partition coefficient (Wildman–Crippen LogP) is 2.01. The molecule has 148 valence electrons. The van der Waals surface area contributed by atoms with Crippen LogP contribution in [0.25, 0.3) is 0 Å². The van der Waals surface area contributed by atoms with Crippen LogP contribution in [0.5, 0.6) is 0 Å². The van der Waals surface area contributed by atoms with Crippen molar-refractivity contribution in [3.05, 3.63) is 0 Å². The van der Waals surface area contributed by atoms with Crippen molar-refractivity contribution >= 4 is 45.5 Å². The highest BCUT2D eigenvalue weighted by atomic mass is 33.1. The van der Waals surface area contributed by atoms with Crippen LogP contribution in [0, 0.1) is 5.92 Å². The molecule has 8 nitrogen and oxygen atoms in total. The van der Waals surface area contributed by atoms with Crippen molar-refractivity contribution < 1.29 is 19.2 Å². The number of nitrogens with one attached hydrogen (secondary N) is 4. The van der Waals surface area contributed by atoms with Crippen LogP contribution in [0.4, 0.5) is 9.59 Å². The van der Waals surface area contributed by atoms with E-state index in [0.29, 0.717) is 18.8 Å². The number of rotatable bonds is 9. The minimum absolute atomic E-state index is 0.0486. The molecule has 0 atom stereocenters. The minimum Gasteiger partial charge on any atom is -0.338 e. The smallest absolute Gasteiger partial charge is 0.321 e. The quantitative estimate of drug-likeness (QED) is 0.345. The molecule has 0 aromatic carbocycles. The van der Waals surface area contributed by atoms with E-state index in [2.05, 4.69) is 21.3 Å². The molecule has 0 saturated heterocycles. The number of urea groups is 2. The highest BCUT2D eigenvalue weighted by Gasteiger charge is 2.22. The molecular formula is C16H28N4O4S2. The fraction of sp³-hybridized carbons (Fsp3) is 0.750. The van der Waals surface area contributed by atoms with Gasteiger partial charge in [0.2, 0.25) is 11.8 Å². The minimum atomic E-state index is -0.483. The number of hydrogen-bond donors (Lipinski definition) is 4. The van der Waals surface area contributed by atoms with E-state index in [0.717, 1.165) is 38.5 Å². The SMILES string of the molecule is CCCNC(=O)NC(=O)CSSCCNC(=O)NC(=O)C1CCCCC1. The van der Waals surface area contributed by atoms with Crippen molar-refractivity contribution in [3.63, 3.8) is 0 Å². The van der Waals surface area contributed by atoms with Gasteiger partial charge in [-0.1, -0.05) is 47.8 Å². The molecule has 0 unspecified atom stereocenters. The summed E-state index contributed by atoms with van der Waals surface area (Å²) in [6.45, 7) is 2.84. The summed E-state index contributed by atoms with van der Waals surface area (Å²) in [5, 5.41) is 9.80. The van der Waals surface area contributed by atoms with Crippen molar-refractivity contribution in [2.24, 2.45) is 5.92 Å². The number of carbonyl (C=O) groups excluding carboxylic acids is 4. The maximum Gasteiger partial charge on any atom is 0.321 e. The van der Waals surface area contributed by atoms with E-state index in [-0.39, 0.29) is 23.5 Å². The van der Waals surface area contributed by atoms with Gasteiger partial charge in [0, 0.05) is 24.8 Å². The van der Waals surface area contributed by atoms with Gasteiger partial charge in [-0.05, 0) is 19.3 Å². The van der Waals surface area contributed by atoms with E-state index >= 15 is 0 Å². The van der Waals surface area contributed by atoms with Gasteiger partial charge >= 0.3 is 12.1 Å². The van der Waals surface area contributed by atoms with Crippen LogP contribution in [0.1, 0.15) is 45.4 Å². The molecule has 1 rings (SSSR count). The largest absolute Gasteiger partial charge is 0.338 e. The average molecular weight is 405 g/mol. The standard InChI is InChI=1S/C16H28N4O4S2/c1-2-8-17-15(23)19-13(21)11-26-25-10-9-18-16(24)20-14(22)12-6-4-3-5-7-12/h12H,2-11H2,1H3,(H2,17,19,21,23)(H2,18,20,22,24). The molecule has 0 radical (unpaired) electrons. The first-order valence-corrected chi connectivity index (χ1v) is 11.4. The Morgan fingerprint density at radius 3 is 2.23 bits per heavy atom. The Bertz CT molecular complexity index is 485. The van der Waals surface area contributed by atoms with E-state index in [1.165, 1.54) is 21.6 Å². The first kappa shape index (κ1) is 22.6. The predicted molar refractivity (Wildman–Crippen MR) is 105 cm³/mol. The zero-order chi connectivity index (χ0) is 19.2. The van der Waals surface area contributed by atoms with Gasteiger partial charge in [0.15, 0.2) is 0 Å². The van der Waals surface area contributed by atoms with Crippen LogP contribution in [-0.4, -0.2) is 48.5 Å². The second kappa shape index (κ2) is 13.7. The molecular weight excluding hydrogens is 376 g/mol. The third-order valence-electron chi connectivity index (χ3n) is 3.75. The molecule has 26 heavy (non-hydrogen) atoms. The fourth-order valence-electron chi connectivity index (χ4n) is 2.43. The Hall–Kier alpha value is -1.42. The Kier molecular flexibility index (Phi) is 12.0. The molecule has 1 aliphatic carbocycles. The monoisotopic (exact) mass is 404 g/mol. The first-order chi connectivity index (χ1) is 12.5. The van der Waals surface area contributed by atoms with Crippen LogP contribution in [0.3, 0.4) is 0 Å². The fourth-order valence-corrected chi connectivity index (χ4v) is 4.17. The lowest BCUT2D eigenvalue weighted by Crippen LogP contribution is -2.43. The summed E-state index contributed by atoms with van der Waals surface area (Å²) >= 11 is 0. The molecule has 0 aromatic heterocycles. The van der Waals surface area contributed by atoms with Crippen molar-refractivity contribution in [1.29, 1.82) is 0 Å². The lowest BCUT2D eigenvalue weighted by Gasteiger charge is -2.20. The number of imide groups is 2. The second-order valence-electron chi connectivity index (χ2n) is 5.97. The molecule has 1 fully saturated rings. The Morgan fingerprint density at radius 2 is 1.54 bits per heavy atom. The van der Waals surface area contributed by atoms with E-state index in [4.69, 9.17) is 0 Å². The van der Waals surface area contributed by atoms with E-state index in [9.17, 15) is 19.2 Å². The first-order valence-electron chi connectivity index (χ1n) is 8.93. The highest BCUT2D eigenvalue weighted by molar-refractivity contribution is 8.76. The van der Waals surface area contributed by atoms with Crippen LogP contribution >= 0.6 is 21.6 Å². The van der Waals surface area contributed by atoms with Gasteiger partial charge in [-0.25, -0.2) is 9.59 Å². The maximum atomic E-state index is 11.9. The molecule has 6 amide bonds. The zero-order valence-corrected chi connectivity index (χ0v) is 16.7. The van der Waals surface area contributed by atoms with Gasteiger partial charge in [-0.2, -0.15) is 0 Å². The maximum absolute atomic E-state index is 11.9. The van der Waals surface area contributed by atoms with Gasteiger partial charge in [0.25, 0.3) is 0 Å². The summed E-state index contributed by atoms with van der Waals surface area (Å²) < 4.78 is 0. The van der Waals surface area contributed by atoms with Gasteiger partial charge in [0.1, 0.15) is 0 Å². The topological polar surface area (TPSA) is 116 Å². The molecule has 1 aliphatic rings. The lowest BCUT2D eigenvalue weighted by atomic mass is 9.89. The molecule has 0 spiro atoms. The molecule has 1 saturated carbocycles. The summed E-state index contributed by atoms with van der Waals surface area (Å²) in [5.41, 5.74) is 0. The number of hydrogen-bond acceptors (Lipinski definition) is 6. The van der Waals surface area contributed by atoms with Crippen molar-refractivity contribution in [2.45, 2.75) is 45.4 Å². The molecule has 0 aromatic rings. The summed E-state index contributed by atoms with van der Waals surface area (Å²) in [7, 11) is 2.71. The normalized spacial score (nSPS) is 14.3. The van der Waals surface area contributed by atoms with Gasteiger partial charge in [-0.15, -0.1) is 0 Å². The molecule has 4 N–H and O–H groups in total. The lowest BCUT2D eigenvalue weighted by molar-refractivity contribution is -0.124. The highest BCUT2D eigenvalue weighted by Crippen LogP contribution is 2.23. The Labute approximate surface area is 162 Å². The van der Waals surface area contributed by atoms with Crippen molar-refractivity contribution in [3.8, 4) is 0 Å². The van der Waals surface area contributed by atoms with Crippen LogP contribution in [0.2, 0.25) is 0 Å². The van der Waals surface area contributed by atoms with Crippen molar-refractivity contribution in [1.82, 2.24) is 21.3 Å². The third-order valence-corrected chi connectivity index (χ3v) is 6.02. The molecule has 0 bridgehead atoms. The van der Waals surface area contributed by atoms with Crippen LogP contribution in [-0.2, 0) is 9.59 Å².